The normalized spacial score (nSPS) is 19.5. The summed E-state index contributed by atoms with van der Waals surface area (Å²) in [4.78, 5) is 24.0. The lowest BCUT2D eigenvalue weighted by atomic mass is 9.93. The molecule has 0 spiro atoms. The molecule has 0 atom stereocenters. The quantitative estimate of drug-likeness (QED) is 0.181. The van der Waals surface area contributed by atoms with Crippen molar-refractivity contribution in [1.29, 1.82) is 0 Å². The second kappa shape index (κ2) is 15.9. The molecule has 1 saturated carbocycles. The minimum Gasteiger partial charge on any atom is -0.393 e. The minimum absolute atomic E-state index is 0.0104. The van der Waals surface area contributed by atoms with E-state index < -0.39 is 10.0 Å². The van der Waals surface area contributed by atoms with Crippen LogP contribution in [0.15, 0.2) is 35.4 Å². The van der Waals surface area contributed by atoms with Crippen LogP contribution >= 0.6 is 0 Å². The number of carbonyl (C=O) groups excluding carboxylic acids is 1. The zero-order valence-electron chi connectivity index (χ0n) is 26.1. The average Bonchev–Trinajstić information content (AvgIpc) is 3.43. The van der Waals surface area contributed by atoms with Gasteiger partial charge in [0.25, 0.3) is 0 Å². The van der Waals surface area contributed by atoms with E-state index in [2.05, 4.69) is 32.2 Å². The first-order valence-electron chi connectivity index (χ1n) is 16.2. The van der Waals surface area contributed by atoms with Crippen molar-refractivity contribution in [2.75, 3.05) is 57.8 Å². The Bertz CT molecular complexity index is 1500. The summed E-state index contributed by atoms with van der Waals surface area (Å²) in [5.74, 6) is 0.365. The molecule has 1 aliphatic heterocycles. The van der Waals surface area contributed by atoms with Crippen LogP contribution in [0.25, 0.3) is 22.3 Å². The zero-order valence-corrected chi connectivity index (χ0v) is 26.9. The van der Waals surface area contributed by atoms with Crippen molar-refractivity contribution in [1.82, 2.24) is 34.7 Å². The van der Waals surface area contributed by atoms with Gasteiger partial charge in [0.15, 0.2) is 5.65 Å². The number of aromatic nitrogens is 4. The fourth-order valence-corrected chi connectivity index (χ4v) is 6.81. The van der Waals surface area contributed by atoms with E-state index in [0.717, 1.165) is 88.1 Å². The van der Waals surface area contributed by atoms with Crippen molar-refractivity contribution in [3.63, 3.8) is 0 Å². The fraction of sp³-hybridized carbons (Fsp3) is 0.613. The van der Waals surface area contributed by atoms with Crippen molar-refractivity contribution in [3.05, 3.63) is 30.5 Å². The Labute approximate surface area is 265 Å². The number of unbranched alkanes of at least 4 members (excludes halogenated alkanes) is 1. The lowest BCUT2D eigenvalue weighted by Gasteiger charge is -2.26. The van der Waals surface area contributed by atoms with Crippen LogP contribution in [0.1, 0.15) is 64.3 Å². The number of fused-ring (bicyclic) bond motifs is 1. The van der Waals surface area contributed by atoms with E-state index in [1.165, 1.54) is 0 Å². The molecule has 0 unspecified atom stereocenters. The summed E-state index contributed by atoms with van der Waals surface area (Å²) in [7, 11) is -3.80. The molecule has 4 N–H and O–H groups in total. The van der Waals surface area contributed by atoms with Crippen LogP contribution in [0, 0.1) is 0 Å². The highest BCUT2D eigenvalue weighted by Gasteiger charge is 2.26. The van der Waals surface area contributed by atoms with E-state index in [9.17, 15) is 18.3 Å². The van der Waals surface area contributed by atoms with Crippen LogP contribution in [0.4, 0.5) is 5.95 Å². The molecule has 1 amide bonds. The number of hydrogen-bond acceptors (Lipinski definition) is 10. The number of rotatable bonds is 15. The van der Waals surface area contributed by atoms with E-state index in [0.29, 0.717) is 31.0 Å². The highest BCUT2D eigenvalue weighted by atomic mass is 32.2. The van der Waals surface area contributed by atoms with Gasteiger partial charge in [0.1, 0.15) is 5.69 Å². The second-order valence-corrected chi connectivity index (χ2v) is 13.6. The van der Waals surface area contributed by atoms with Gasteiger partial charge in [-0.1, -0.05) is 25.5 Å². The van der Waals surface area contributed by atoms with Gasteiger partial charge in [0, 0.05) is 50.9 Å². The Balaban J connectivity index is 1.21. The van der Waals surface area contributed by atoms with Gasteiger partial charge in [-0.3, -0.25) is 9.69 Å². The van der Waals surface area contributed by atoms with Crippen LogP contribution in [0.3, 0.4) is 0 Å². The molecule has 45 heavy (non-hydrogen) atoms. The highest BCUT2D eigenvalue weighted by Crippen LogP contribution is 2.34. The number of aliphatic hydroxyl groups is 1. The number of carbonyl (C=O) groups is 1. The van der Waals surface area contributed by atoms with Gasteiger partial charge in [-0.2, -0.15) is 10.1 Å². The standard InChI is InChI=1S/C31H46N8O5S/c1-2-3-14-33-31-34-22-27-29(37-39(30(27)36-31)24-7-9-25(40)10-8-24)23-5-11-26(12-6-23)45(42,43)35-16-13-28(41)32-15-4-17-38-18-20-44-21-19-38/h5-6,11-12,22,24-25,35,40H,2-4,7-10,13-21H2,1H3,(H,32,41)(H,33,34,36)/t24-,25-. The molecular formula is C31H46N8O5S. The number of benzene rings is 1. The smallest absolute Gasteiger partial charge is 0.240 e. The third-order valence-electron chi connectivity index (χ3n) is 8.43. The lowest BCUT2D eigenvalue weighted by molar-refractivity contribution is -0.120. The van der Waals surface area contributed by atoms with Crippen LogP contribution in [-0.4, -0.2) is 103 Å². The van der Waals surface area contributed by atoms with Crippen molar-refractivity contribution in [2.45, 2.75) is 75.3 Å². The lowest BCUT2D eigenvalue weighted by Crippen LogP contribution is -2.38. The molecule has 5 rings (SSSR count). The molecule has 3 aromatic rings. The van der Waals surface area contributed by atoms with E-state index >= 15 is 0 Å². The number of sulfonamides is 1. The highest BCUT2D eigenvalue weighted by molar-refractivity contribution is 7.89. The summed E-state index contributed by atoms with van der Waals surface area (Å²) in [5, 5.41) is 21.9. The maximum Gasteiger partial charge on any atom is 0.240 e. The number of ether oxygens (including phenoxy) is 1. The largest absolute Gasteiger partial charge is 0.393 e. The van der Waals surface area contributed by atoms with Gasteiger partial charge >= 0.3 is 0 Å². The van der Waals surface area contributed by atoms with Gasteiger partial charge < -0.3 is 20.5 Å². The van der Waals surface area contributed by atoms with Gasteiger partial charge in [-0.15, -0.1) is 0 Å². The molecule has 1 saturated heterocycles. The summed E-state index contributed by atoms with van der Waals surface area (Å²) >= 11 is 0. The van der Waals surface area contributed by atoms with Crippen molar-refractivity contribution >= 4 is 32.9 Å². The van der Waals surface area contributed by atoms with Crippen molar-refractivity contribution in [2.24, 2.45) is 0 Å². The van der Waals surface area contributed by atoms with Crippen LogP contribution in [-0.2, 0) is 19.6 Å². The van der Waals surface area contributed by atoms with Crippen LogP contribution < -0.4 is 15.4 Å². The second-order valence-electron chi connectivity index (χ2n) is 11.8. The number of nitrogens with zero attached hydrogens (tertiary/aromatic N) is 5. The summed E-state index contributed by atoms with van der Waals surface area (Å²) in [5.41, 5.74) is 2.15. The first-order chi connectivity index (χ1) is 21.8. The molecule has 13 nitrogen and oxygen atoms in total. The minimum atomic E-state index is -3.80. The monoisotopic (exact) mass is 642 g/mol. The van der Waals surface area contributed by atoms with Crippen molar-refractivity contribution < 1.29 is 23.1 Å². The third kappa shape index (κ3) is 8.97. The molecule has 1 aromatic carbocycles. The number of aliphatic hydroxyl groups excluding tert-OH is 1. The summed E-state index contributed by atoms with van der Waals surface area (Å²) in [6, 6.07) is 6.67. The molecule has 0 bridgehead atoms. The van der Waals surface area contributed by atoms with Gasteiger partial charge in [-0.25, -0.2) is 22.8 Å². The molecule has 14 heteroatoms. The van der Waals surface area contributed by atoms with Gasteiger partial charge in [-0.05, 0) is 57.2 Å². The molecule has 3 heterocycles. The molecule has 1 aliphatic carbocycles. The molecular weight excluding hydrogens is 596 g/mol. The molecule has 2 aliphatic rings. The number of hydrogen-bond donors (Lipinski definition) is 4. The van der Waals surface area contributed by atoms with Gasteiger partial charge in [0.05, 0.1) is 35.6 Å². The Kier molecular flexibility index (Phi) is 11.7. The Morgan fingerprint density at radius 3 is 2.53 bits per heavy atom. The Morgan fingerprint density at radius 1 is 1.04 bits per heavy atom. The van der Waals surface area contributed by atoms with Crippen LogP contribution in [0.2, 0.25) is 0 Å². The number of anilines is 1. The van der Waals surface area contributed by atoms with E-state index in [4.69, 9.17) is 14.8 Å². The SMILES string of the molecule is CCCCNc1ncc2c(-c3ccc(S(=O)(=O)NCCC(=O)NCCCN4CCOCC4)cc3)nn([C@H]3CC[C@H](O)CC3)c2n1. The van der Waals surface area contributed by atoms with Crippen molar-refractivity contribution in [3.8, 4) is 11.3 Å². The Hall–Kier alpha value is -3.17. The zero-order chi connectivity index (χ0) is 31.6. The van der Waals surface area contributed by atoms with E-state index in [-0.39, 0.29) is 35.9 Å². The first-order valence-corrected chi connectivity index (χ1v) is 17.7. The molecule has 2 aromatic heterocycles. The average molecular weight is 643 g/mol. The topological polar surface area (TPSA) is 164 Å². The van der Waals surface area contributed by atoms with E-state index in [1.807, 2.05) is 4.68 Å². The third-order valence-corrected chi connectivity index (χ3v) is 9.91. The summed E-state index contributed by atoms with van der Waals surface area (Å²) in [6.45, 7) is 7.69. The maximum atomic E-state index is 13.0. The summed E-state index contributed by atoms with van der Waals surface area (Å²) in [6.07, 6.45) is 7.49. The summed E-state index contributed by atoms with van der Waals surface area (Å²) < 4.78 is 35.8. The van der Waals surface area contributed by atoms with Gasteiger partial charge in [0.2, 0.25) is 21.9 Å². The van der Waals surface area contributed by atoms with E-state index in [1.54, 1.807) is 30.5 Å². The predicted molar refractivity (Wildman–Crippen MR) is 172 cm³/mol. The maximum absolute atomic E-state index is 13.0. The fourth-order valence-electron chi connectivity index (χ4n) is 5.77. The van der Waals surface area contributed by atoms with Crippen LogP contribution in [0.5, 0.6) is 0 Å². The predicted octanol–water partition coefficient (Wildman–Crippen LogP) is 2.69. The first kappa shape index (κ1) is 33.2. The molecule has 246 valence electrons. The molecule has 2 fully saturated rings. The Morgan fingerprint density at radius 2 is 1.80 bits per heavy atom. The number of amides is 1. The number of nitrogens with one attached hydrogen (secondary N) is 3. The molecule has 0 radical (unpaired) electrons. The number of morpholine rings is 1.